The van der Waals surface area contributed by atoms with Gasteiger partial charge in [-0.05, 0) is 6.92 Å². The van der Waals surface area contributed by atoms with Crippen LogP contribution in [0.2, 0.25) is 0 Å². The summed E-state index contributed by atoms with van der Waals surface area (Å²) in [5, 5.41) is 0. The molecule has 0 aliphatic heterocycles. The lowest BCUT2D eigenvalue weighted by atomic mass is 10.1. The molecule has 0 radical (unpaired) electrons. The van der Waals surface area contributed by atoms with Crippen molar-refractivity contribution in [1.82, 2.24) is 4.98 Å². The van der Waals surface area contributed by atoms with Crippen molar-refractivity contribution < 1.29 is 4.42 Å². The van der Waals surface area contributed by atoms with E-state index >= 15 is 0 Å². The molecule has 15 heavy (non-hydrogen) atoms. The summed E-state index contributed by atoms with van der Waals surface area (Å²) in [5.41, 5.74) is 1.86. The highest BCUT2D eigenvalue weighted by Crippen LogP contribution is 2.18. The SMILES string of the molecule is Cc1nc(-c2ccccc2)c(C)c(=O)o1. The van der Waals surface area contributed by atoms with Crippen LogP contribution in [0.25, 0.3) is 11.3 Å². The van der Waals surface area contributed by atoms with E-state index in [0.29, 0.717) is 17.1 Å². The van der Waals surface area contributed by atoms with Gasteiger partial charge in [-0.25, -0.2) is 9.78 Å². The highest BCUT2D eigenvalue weighted by atomic mass is 16.4. The number of hydrogen-bond donors (Lipinski definition) is 0. The van der Waals surface area contributed by atoms with Gasteiger partial charge in [0.1, 0.15) is 0 Å². The summed E-state index contributed by atoms with van der Waals surface area (Å²) in [4.78, 5) is 15.7. The van der Waals surface area contributed by atoms with Crippen molar-refractivity contribution >= 4 is 0 Å². The van der Waals surface area contributed by atoms with Crippen molar-refractivity contribution in [3.63, 3.8) is 0 Å². The van der Waals surface area contributed by atoms with Gasteiger partial charge in [-0.1, -0.05) is 30.3 Å². The normalized spacial score (nSPS) is 10.3. The van der Waals surface area contributed by atoms with Crippen LogP contribution in [0.4, 0.5) is 0 Å². The number of aryl methyl sites for hydroxylation is 1. The van der Waals surface area contributed by atoms with Crippen LogP contribution in [-0.4, -0.2) is 4.98 Å². The van der Waals surface area contributed by atoms with Gasteiger partial charge in [0.05, 0.1) is 11.3 Å². The molecule has 0 unspecified atom stereocenters. The average molecular weight is 201 g/mol. The standard InChI is InChI=1S/C12H11NO2/c1-8-11(10-6-4-3-5-7-10)13-9(2)15-12(8)14/h3-7H,1-2H3. The summed E-state index contributed by atoms with van der Waals surface area (Å²) >= 11 is 0. The van der Waals surface area contributed by atoms with Gasteiger partial charge in [0.25, 0.3) is 0 Å². The molecule has 76 valence electrons. The molecule has 1 heterocycles. The number of benzene rings is 1. The Hall–Kier alpha value is -1.90. The molecule has 0 spiro atoms. The average Bonchev–Trinajstić information content (AvgIpc) is 2.24. The molecule has 2 rings (SSSR count). The van der Waals surface area contributed by atoms with Crippen molar-refractivity contribution in [3.8, 4) is 11.3 Å². The van der Waals surface area contributed by atoms with Gasteiger partial charge < -0.3 is 4.42 Å². The lowest BCUT2D eigenvalue weighted by molar-refractivity contribution is 0.453. The van der Waals surface area contributed by atoms with Crippen LogP contribution in [0.3, 0.4) is 0 Å². The van der Waals surface area contributed by atoms with Crippen molar-refractivity contribution in [2.45, 2.75) is 13.8 Å². The summed E-state index contributed by atoms with van der Waals surface area (Å²) in [6.45, 7) is 3.40. The maximum atomic E-state index is 11.4. The van der Waals surface area contributed by atoms with E-state index < -0.39 is 0 Å². The maximum absolute atomic E-state index is 11.4. The van der Waals surface area contributed by atoms with Crippen LogP contribution in [0.5, 0.6) is 0 Å². The first-order valence-electron chi connectivity index (χ1n) is 4.72. The summed E-state index contributed by atoms with van der Waals surface area (Å²) < 4.78 is 4.90. The monoisotopic (exact) mass is 201 g/mol. The molecule has 3 heteroatoms. The molecule has 0 fully saturated rings. The molecule has 2 aromatic rings. The first-order valence-corrected chi connectivity index (χ1v) is 4.72. The van der Waals surface area contributed by atoms with Crippen LogP contribution >= 0.6 is 0 Å². The van der Waals surface area contributed by atoms with Crippen LogP contribution < -0.4 is 5.63 Å². The Kier molecular flexibility index (Phi) is 2.37. The lowest BCUT2D eigenvalue weighted by Gasteiger charge is -2.03. The van der Waals surface area contributed by atoms with Gasteiger partial charge in [0, 0.05) is 12.5 Å². The minimum absolute atomic E-state index is 0.318. The Balaban J connectivity index is 2.68. The molecule has 3 nitrogen and oxygen atoms in total. The molecule has 0 saturated heterocycles. The number of nitrogens with zero attached hydrogens (tertiary/aromatic N) is 1. The summed E-state index contributed by atoms with van der Waals surface area (Å²) in [6, 6.07) is 9.61. The Morgan fingerprint density at radius 2 is 1.80 bits per heavy atom. The molecule has 0 amide bonds. The van der Waals surface area contributed by atoms with Gasteiger partial charge in [0.15, 0.2) is 5.89 Å². The molecule has 0 aliphatic carbocycles. The Morgan fingerprint density at radius 1 is 1.13 bits per heavy atom. The molecular weight excluding hydrogens is 190 g/mol. The first-order chi connectivity index (χ1) is 7.18. The van der Waals surface area contributed by atoms with Crippen LogP contribution in [0, 0.1) is 13.8 Å². The highest BCUT2D eigenvalue weighted by Gasteiger charge is 2.08. The minimum Gasteiger partial charge on any atom is -0.408 e. The molecule has 0 saturated carbocycles. The van der Waals surface area contributed by atoms with Crippen LogP contribution in [-0.2, 0) is 0 Å². The minimum atomic E-state index is -0.318. The Morgan fingerprint density at radius 3 is 2.47 bits per heavy atom. The number of hydrogen-bond acceptors (Lipinski definition) is 3. The van der Waals surface area contributed by atoms with Crippen molar-refractivity contribution in [2.24, 2.45) is 0 Å². The fraction of sp³-hybridized carbons (Fsp3) is 0.167. The zero-order valence-corrected chi connectivity index (χ0v) is 8.65. The second-order valence-corrected chi connectivity index (χ2v) is 3.36. The number of rotatable bonds is 1. The van der Waals surface area contributed by atoms with Crippen molar-refractivity contribution in [3.05, 3.63) is 52.2 Å². The van der Waals surface area contributed by atoms with Gasteiger partial charge in [0.2, 0.25) is 0 Å². The molecule has 1 aromatic carbocycles. The molecule has 0 N–H and O–H groups in total. The van der Waals surface area contributed by atoms with Crippen LogP contribution in [0.15, 0.2) is 39.5 Å². The molecular formula is C12H11NO2. The van der Waals surface area contributed by atoms with E-state index in [1.165, 1.54) is 0 Å². The summed E-state index contributed by atoms with van der Waals surface area (Å²) in [6.07, 6.45) is 0. The van der Waals surface area contributed by atoms with Gasteiger partial charge in [-0.3, -0.25) is 0 Å². The van der Waals surface area contributed by atoms with Gasteiger partial charge in [-0.15, -0.1) is 0 Å². The van der Waals surface area contributed by atoms with E-state index in [1.54, 1.807) is 13.8 Å². The third-order valence-corrected chi connectivity index (χ3v) is 2.22. The topological polar surface area (TPSA) is 43.1 Å². The predicted molar refractivity (Wildman–Crippen MR) is 57.7 cm³/mol. The molecule has 0 atom stereocenters. The second kappa shape index (κ2) is 3.69. The summed E-state index contributed by atoms with van der Waals surface area (Å²) in [5.74, 6) is 0.393. The molecule has 0 bridgehead atoms. The van der Waals surface area contributed by atoms with E-state index in [1.807, 2.05) is 30.3 Å². The van der Waals surface area contributed by atoms with Crippen LogP contribution in [0.1, 0.15) is 11.5 Å². The first kappa shape index (κ1) is 9.65. The fourth-order valence-corrected chi connectivity index (χ4v) is 1.45. The van der Waals surface area contributed by atoms with E-state index in [0.717, 1.165) is 5.56 Å². The smallest absolute Gasteiger partial charge is 0.342 e. The third-order valence-electron chi connectivity index (χ3n) is 2.22. The van der Waals surface area contributed by atoms with E-state index in [4.69, 9.17) is 4.42 Å². The fourth-order valence-electron chi connectivity index (χ4n) is 1.45. The zero-order chi connectivity index (χ0) is 10.8. The zero-order valence-electron chi connectivity index (χ0n) is 8.65. The molecule has 0 aliphatic rings. The lowest BCUT2D eigenvalue weighted by Crippen LogP contribution is -2.08. The maximum Gasteiger partial charge on any atom is 0.342 e. The largest absolute Gasteiger partial charge is 0.408 e. The Bertz CT molecular complexity index is 529. The highest BCUT2D eigenvalue weighted by molar-refractivity contribution is 5.61. The van der Waals surface area contributed by atoms with E-state index in [9.17, 15) is 4.79 Å². The third kappa shape index (κ3) is 1.81. The van der Waals surface area contributed by atoms with E-state index in [2.05, 4.69) is 4.98 Å². The van der Waals surface area contributed by atoms with E-state index in [-0.39, 0.29) is 5.63 Å². The Labute approximate surface area is 87.4 Å². The quantitative estimate of drug-likeness (QED) is 0.711. The molecule has 1 aromatic heterocycles. The van der Waals surface area contributed by atoms with Gasteiger partial charge >= 0.3 is 5.63 Å². The number of aromatic nitrogens is 1. The van der Waals surface area contributed by atoms with Crippen molar-refractivity contribution in [1.29, 1.82) is 0 Å². The predicted octanol–water partition coefficient (Wildman–Crippen LogP) is 2.32. The van der Waals surface area contributed by atoms with Gasteiger partial charge in [-0.2, -0.15) is 0 Å². The van der Waals surface area contributed by atoms with Crippen molar-refractivity contribution in [2.75, 3.05) is 0 Å². The summed E-state index contributed by atoms with van der Waals surface area (Å²) in [7, 11) is 0. The second-order valence-electron chi connectivity index (χ2n) is 3.36.